The first-order valence-electron chi connectivity index (χ1n) is 3.08. The maximum Gasteiger partial charge on any atom is 0.482 e. The number of benzene rings is 1. The molecule has 0 amide bonds. The number of hydrogen-bond donors (Lipinski definition) is 1. The Morgan fingerprint density at radius 3 is 2.33 bits per heavy atom. The number of alkyl halides is 3. The summed E-state index contributed by atoms with van der Waals surface area (Å²) in [4.78, 5) is 0. The highest BCUT2D eigenvalue weighted by atomic mass is 19.4. The predicted octanol–water partition coefficient (Wildman–Crippen LogP) is 2.76. The Morgan fingerprint density at radius 1 is 1.17 bits per heavy atom. The Labute approximate surface area is 66.0 Å². The van der Waals surface area contributed by atoms with Gasteiger partial charge in [0.15, 0.2) is 0 Å². The van der Waals surface area contributed by atoms with Crippen LogP contribution >= 0.6 is 0 Å². The fourth-order valence-electron chi connectivity index (χ4n) is 0.730. The first-order valence-corrected chi connectivity index (χ1v) is 3.08. The van der Waals surface area contributed by atoms with E-state index in [9.17, 15) is 17.6 Å². The number of halogens is 4. The van der Waals surface area contributed by atoms with Crippen LogP contribution in [0.15, 0.2) is 24.3 Å². The zero-order valence-corrected chi connectivity index (χ0v) is 5.82. The SMILES string of the molecule is Fc1cccc(NC(F)(F)F)c1. The molecule has 66 valence electrons. The molecule has 0 unspecified atom stereocenters. The molecule has 0 spiro atoms. The molecule has 5 heteroatoms. The van der Waals surface area contributed by atoms with Crippen LogP contribution in [-0.4, -0.2) is 6.30 Å². The van der Waals surface area contributed by atoms with Gasteiger partial charge in [-0.25, -0.2) is 4.39 Å². The Bertz CT molecular complexity index is 268. The third-order valence-electron chi connectivity index (χ3n) is 1.11. The van der Waals surface area contributed by atoms with Crippen LogP contribution in [0.3, 0.4) is 0 Å². The van der Waals surface area contributed by atoms with E-state index in [0.29, 0.717) is 0 Å². The number of nitrogens with one attached hydrogen (secondary N) is 1. The average Bonchev–Trinajstić information content (AvgIpc) is 1.82. The maximum atomic E-state index is 12.3. The standard InChI is InChI=1S/C7H5F4N/c8-5-2-1-3-6(4-5)12-7(9,10)11/h1-4,12H. The molecule has 0 aromatic heterocycles. The molecule has 0 aliphatic rings. The van der Waals surface area contributed by atoms with E-state index >= 15 is 0 Å². The van der Waals surface area contributed by atoms with Crippen LogP contribution in [0.2, 0.25) is 0 Å². The quantitative estimate of drug-likeness (QED) is 0.516. The van der Waals surface area contributed by atoms with Gasteiger partial charge < -0.3 is 0 Å². The summed E-state index contributed by atoms with van der Waals surface area (Å²) in [6.45, 7) is 0. The fraction of sp³-hybridized carbons (Fsp3) is 0.143. The summed E-state index contributed by atoms with van der Waals surface area (Å²) in [5.74, 6) is -0.704. The molecule has 1 nitrogen and oxygen atoms in total. The third-order valence-corrected chi connectivity index (χ3v) is 1.11. The molecule has 12 heavy (non-hydrogen) atoms. The minimum atomic E-state index is -4.52. The van der Waals surface area contributed by atoms with Gasteiger partial charge in [0.2, 0.25) is 0 Å². The van der Waals surface area contributed by atoms with E-state index in [-0.39, 0.29) is 5.69 Å². The normalized spacial score (nSPS) is 11.3. The lowest BCUT2D eigenvalue weighted by Gasteiger charge is -2.08. The van der Waals surface area contributed by atoms with Gasteiger partial charge in [-0.3, -0.25) is 5.32 Å². The lowest BCUT2D eigenvalue weighted by Crippen LogP contribution is -2.20. The van der Waals surface area contributed by atoms with Crippen molar-refractivity contribution in [1.29, 1.82) is 0 Å². The van der Waals surface area contributed by atoms with Crippen molar-refractivity contribution in [3.8, 4) is 0 Å². The van der Waals surface area contributed by atoms with Crippen molar-refractivity contribution in [1.82, 2.24) is 0 Å². The average molecular weight is 179 g/mol. The molecule has 0 bridgehead atoms. The summed E-state index contributed by atoms with van der Waals surface area (Å²) in [5.41, 5.74) is -0.303. The zero-order valence-electron chi connectivity index (χ0n) is 5.82. The monoisotopic (exact) mass is 179 g/mol. The van der Waals surface area contributed by atoms with Crippen LogP contribution in [0, 0.1) is 5.82 Å². The third kappa shape index (κ3) is 2.77. The number of hydrogen-bond acceptors (Lipinski definition) is 1. The van der Waals surface area contributed by atoms with Crippen molar-refractivity contribution >= 4 is 5.69 Å². The van der Waals surface area contributed by atoms with Crippen molar-refractivity contribution in [2.24, 2.45) is 0 Å². The molecule has 0 atom stereocenters. The largest absolute Gasteiger partial charge is 0.482 e. The van der Waals surface area contributed by atoms with E-state index in [2.05, 4.69) is 0 Å². The van der Waals surface area contributed by atoms with Gasteiger partial charge in [0.1, 0.15) is 5.82 Å². The van der Waals surface area contributed by atoms with E-state index in [1.807, 2.05) is 0 Å². The summed E-state index contributed by atoms with van der Waals surface area (Å²) in [5, 5.41) is 1.18. The Morgan fingerprint density at radius 2 is 1.83 bits per heavy atom. The molecule has 0 aliphatic heterocycles. The highest BCUT2D eigenvalue weighted by Crippen LogP contribution is 2.19. The number of anilines is 1. The fourth-order valence-corrected chi connectivity index (χ4v) is 0.730. The van der Waals surface area contributed by atoms with Gasteiger partial charge >= 0.3 is 6.30 Å². The second kappa shape index (κ2) is 3.00. The first kappa shape index (κ1) is 8.83. The molecule has 0 radical (unpaired) electrons. The molecule has 1 aromatic carbocycles. The zero-order chi connectivity index (χ0) is 9.19. The van der Waals surface area contributed by atoms with Crippen molar-refractivity contribution < 1.29 is 17.6 Å². The summed E-state index contributed by atoms with van der Waals surface area (Å²) < 4.78 is 47.3. The van der Waals surface area contributed by atoms with E-state index < -0.39 is 12.1 Å². The second-order valence-electron chi connectivity index (χ2n) is 2.13. The second-order valence-corrected chi connectivity index (χ2v) is 2.13. The highest BCUT2D eigenvalue weighted by Gasteiger charge is 2.26. The molecule has 0 heterocycles. The van der Waals surface area contributed by atoms with Crippen LogP contribution in [0.25, 0.3) is 0 Å². The molecule has 0 aliphatic carbocycles. The van der Waals surface area contributed by atoms with Crippen molar-refractivity contribution in [2.75, 3.05) is 5.32 Å². The molecule has 1 N–H and O–H groups in total. The summed E-state index contributed by atoms with van der Waals surface area (Å²) in [6.07, 6.45) is -4.52. The van der Waals surface area contributed by atoms with Crippen LogP contribution in [0.5, 0.6) is 0 Å². The van der Waals surface area contributed by atoms with Gasteiger partial charge in [0.05, 0.1) is 0 Å². The van der Waals surface area contributed by atoms with E-state index in [0.717, 1.165) is 18.2 Å². The van der Waals surface area contributed by atoms with Crippen LogP contribution in [0.4, 0.5) is 23.2 Å². The van der Waals surface area contributed by atoms with Gasteiger partial charge in [0.25, 0.3) is 0 Å². The predicted molar refractivity (Wildman–Crippen MR) is 36.1 cm³/mol. The van der Waals surface area contributed by atoms with Gasteiger partial charge in [-0.15, -0.1) is 0 Å². The Hall–Kier alpha value is -1.26. The van der Waals surface area contributed by atoms with Gasteiger partial charge in [-0.1, -0.05) is 6.07 Å². The summed E-state index contributed by atoms with van der Waals surface area (Å²) in [6, 6.07) is 4.18. The van der Waals surface area contributed by atoms with Gasteiger partial charge in [-0.05, 0) is 18.2 Å². The molecule has 1 rings (SSSR count). The van der Waals surface area contributed by atoms with Gasteiger partial charge in [0, 0.05) is 5.69 Å². The minimum absolute atomic E-state index is 0.303. The lowest BCUT2D eigenvalue weighted by molar-refractivity contribution is -0.0999. The van der Waals surface area contributed by atoms with E-state index in [4.69, 9.17) is 0 Å². The molecule has 0 saturated heterocycles. The Kier molecular flexibility index (Phi) is 2.21. The molecular weight excluding hydrogens is 174 g/mol. The highest BCUT2D eigenvalue weighted by molar-refractivity contribution is 5.43. The van der Waals surface area contributed by atoms with E-state index in [1.54, 1.807) is 0 Å². The minimum Gasteiger partial charge on any atom is -0.297 e. The van der Waals surface area contributed by atoms with Crippen molar-refractivity contribution in [3.05, 3.63) is 30.1 Å². The smallest absolute Gasteiger partial charge is 0.297 e. The molecule has 0 fully saturated rings. The molecular formula is C7H5F4N. The first-order chi connectivity index (χ1) is 5.47. The lowest BCUT2D eigenvalue weighted by atomic mass is 10.3. The Balaban J connectivity index is 2.77. The topological polar surface area (TPSA) is 12.0 Å². The van der Waals surface area contributed by atoms with Crippen LogP contribution in [-0.2, 0) is 0 Å². The van der Waals surface area contributed by atoms with E-state index in [1.165, 1.54) is 11.4 Å². The van der Waals surface area contributed by atoms with Crippen molar-refractivity contribution in [3.63, 3.8) is 0 Å². The van der Waals surface area contributed by atoms with Crippen molar-refractivity contribution in [2.45, 2.75) is 6.30 Å². The van der Waals surface area contributed by atoms with Crippen LogP contribution < -0.4 is 5.32 Å². The molecule has 0 saturated carbocycles. The summed E-state index contributed by atoms with van der Waals surface area (Å²) >= 11 is 0. The van der Waals surface area contributed by atoms with Gasteiger partial charge in [-0.2, -0.15) is 13.2 Å². The van der Waals surface area contributed by atoms with Crippen LogP contribution in [0.1, 0.15) is 0 Å². The number of rotatable bonds is 1. The maximum absolute atomic E-state index is 12.3. The summed E-state index contributed by atoms with van der Waals surface area (Å²) in [7, 11) is 0. The molecule has 1 aromatic rings.